The Kier molecular flexibility index (Phi) is 3.13. The Bertz CT molecular complexity index is 842. The summed E-state index contributed by atoms with van der Waals surface area (Å²) in [4.78, 5) is 11.6. The molecule has 0 saturated heterocycles. The molecule has 6 heteroatoms. The van der Waals surface area contributed by atoms with Crippen molar-refractivity contribution in [1.82, 2.24) is 14.6 Å². The molecule has 0 amide bonds. The smallest absolute Gasteiger partial charge is 0.339 e. The van der Waals surface area contributed by atoms with Gasteiger partial charge in [0.05, 0.1) is 18.2 Å². The van der Waals surface area contributed by atoms with Crippen molar-refractivity contribution in [2.75, 3.05) is 7.11 Å². The number of pyridine rings is 1. The lowest BCUT2D eigenvalue weighted by Crippen LogP contribution is -2.03. The van der Waals surface area contributed by atoms with Gasteiger partial charge in [-0.25, -0.2) is 9.18 Å². The number of aromatic nitrogens is 3. The number of aryl methyl sites for hydroxylation is 1. The monoisotopic (exact) mass is 285 g/mol. The van der Waals surface area contributed by atoms with Gasteiger partial charge in [-0.15, -0.1) is 10.2 Å². The molecule has 0 fully saturated rings. The van der Waals surface area contributed by atoms with E-state index in [0.29, 0.717) is 22.6 Å². The van der Waals surface area contributed by atoms with Gasteiger partial charge in [0.2, 0.25) is 0 Å². The van der Waals surface area contributed by atoms with Crippen molar-refractivity contribution in [1.29, 1.82) is 0 Å². The van der Waals surface area contributed by atoms with E-state index < -0.39 is 5.97 Å². The van der Waals surface area contributed by atoms with Crippen molar-refractivity contribution in [2.45, 2.75) is 6.92 Å². The number of halogens is 1. The van der Waals surface area contributed by atoms with Crippen molar-refractivity contribution in [3.8, 4) is 11.4 Å². The van der Waals surface area contributed by atoms with Crippen molar-refractivity contribution < 1.29 is 13.9 Å². The average Bonchev–Trinajstić information content (AvgIpc) is 2.89. The Balaban J connectivity index is 2.20. The van der Waals surface area contributed by atoms with Gasteiger partial charge in [-0.05, 0) is 36.8 Å². The number of rotatable bonds is 2. The number of hydrogen-bond donors (Lipinski definition) is 0. The van der Waals surface area contributed by atoms with Crippen LogP contribution in [0.15, 0.2) is 36.5 Å². The first-order chi connectivity index (χ1) is 10.1. The summed E-state index contributed by atoms with van der Waals surface area (Å²) in [5.74, 6) is -0.512. The third kappa shape index (κ3) is 2.24. The van der Waals surface area contributed by atoms with Crippen LogP contribution in [0.25, 0.3) is 17.0 Å². The standard InChI is InChI=1S/C15H12FN3O2/c1-9-3-5-11(12(16)7-9)14-18-17-13-6-4-10(8-19(13)14)15(20)21-2/h3-8H,1-2H3. The molecule has 0 aliphatic heterocycles. The second-order valence-electron chi connectivity index (χ2n) is 4.64. The maximum atomic E-state index is 14.1. The molecular formula is C15H12FN3O2. The van der Waals surface area contributed by atoms with Gasteiger partial charge in [-0.1, -0.05) is 6.07 Å². The summed E-state index contributed by atoms with van der Waals surface area (Å²) >= 11 is 0. The van der Waals surface area contributed by atoms with E-state index in [2.05, 4.69) is 14.9 Å². The molecule has 2 aromatic heterocycles. The second kappa shape index (κ2) is 4.97. The molecule has 3 rings (SSSR count). The third-order valence-electron chi connectivity index (χ3n) is 3.19. The molecular weight excluding hydrogens is 273 g/mol. The SMILES string of the molecule is COC(=O)c1ccc2nnc(-c3ccc(C)cc3F)n2c1. The summed E-state index contributed by atoms with van der Waals surface area (Å²) in [6, 6.07) is 8.09. The number of esters is 1. The van der Waals surface area contributed by atoms with E-state index in [9.17, 15) is 9.18 Å². The molecule has 0 bridgehead atoms. The summed E-state index contributed by atoms with van der Waals surface area (Å²) in [6.45, 7) is 1.81. The van der Waals surface area contributed by atoms with Gasteiger partial charge in [0.25, 0.3) is 0 Å². The zero-order valence-electron chi connectivity index (χ0n) is 11.5. The minimum absolute atomic E-state index is 0.329. The summed E-state index contributed by atoms with van der Waals surface area (Å²) in [5.41, 5.74) is 2.02. The van der Waals surface area contributed by atoms with Gasteiger partial charge < -0.3 is 4.74 Å². The van der Waals surface area contributed by atoms with Gasteiger partial charge in [0, 0.05) is 6.20 Å². The molecule has 0 aliphatic rings. The summed E-state index contributed by atoms with van der Waals surface area (Å²) in [6.07, 6.45) is 1.54. The number of methoxy groups -OCH3 is 1. The number of fused-ring (bicyclic) bond motifs is 1. The lowest BCUT2D eigenvalue weighted by molar-refractivity contribution is 0.0600. The fraction of sp³-hybridized carbons (Fsp3) is 0.133. The van der Waals surface area contributed by atoms with Crippen LogP contribution in [0.2, 0.25) is 0 Å². The highest BCUT2D eigenvalue weighted by Gasteiger charge is 2.14. The maximum absolute atomic E-state index is 14.1. The van der Waals surface area contributed by atoms with E-state index in [-0.39, 0.29) is 5.82 Å². The summed E-state index contributed by atoms with van der Waals surface area (Å²) in [5, 5.41) is 7.98. The normalized spacial score (nSPS) is 10.8. The van der Waals surface area contributed by atoms with Gasteiger partial charge in [-0.2, -0.15) is 0 Å². The molecule has 0 atom stereocenters. The van der Waals surface area contributed by atoms with Crippen LogP contribution in [0.5, 0.6) is 0 Å². The third-order valence-corrected chi connectivity index (χ3v) is 3.19. The Hall–Kier alpha value is -2.76. The largest absolute Gasteiger partial charge is 0.465 e. The van der Waals surface area contributed by atoms with E-state index in [1.165, 1.54) is 19.4 Å². The van der Waals surface area contributed by atoms with Gasteiger partial charge in [-0.3, -0.25) is 4.40 Å². The predicted octanol–water partition coefficient (Wildman–Crippen LogP) is 2.63. The highest BCUT2D eigenvalue weighted by molar-refractivity contribution is 5.89. The highest BCUT2D eigenvalue weighted by atomic mass is 19.1. The van der Waals surface area contributed by atoms with Crippen molar-refractivity contribution in [3.05, 3.63) is 53.5 Å². The second-order valence-corrected chi connectivity index (χ2v) is 4.64. The van der Waals surface area contributed by atoms with Gasteiger partial charge >= 0.3 is 5.97 Å². The minimum atomic E-state index is -0.471. The molecule has 0 N–H and O–H groups in total. The first kappa shape index (κ1) is 13.2. The molecule has 0 aliphatic carbocycles. The number of benzene rings is 1. The highest BCUT2D eigenvalue weighted by Crippen LogP contribution is 2.23. The van der Waals surface area contributed by atoms with E-state index in [1.807, 2.05) is 6.92 Å². The topological polar surface area (TPSA) is 56.5 Å². The Morgan fingerprint density at radius 2 is 2.05 bits per heavy atom. The zero-order valence-corrected chi connectivity index (χ0v) is 11.5. The number of nitrogens with zero attached hydrogens (tertiary/aromatic N) is 3. The number of carbonyl (C=O) groups excluding carboxylic acids is 1. The van der Waals surface area contributed by atoms with E-state index in [4.69, 9.17) is 0 Å². The van der Waals surface area contributed by atoms with Crippen LogP contribution >= 0.6 is 0 Å². The van der Waals surface area contributed by atoms with Crippen LogP contribution in [-0.4, -0.2) is 27.7 Å². The number of ether oxygens (including phenoxy) is 1. The quantitative estimate of drug-likeness (QED) is 0.679. The number of carbonyl (C=O) groups is 1. The molecule has 0 unspecified atom stereocenters. The number of hydrogen-bond acceptors (Lipinski definition) is 4. The molecule has 106 valence electrons. The molecule has 0 spiro atoms. The average molecular weight is 285 g/mol. The molecule has 1 aromatic carbocycles. The molecule has 2 heterocycles. The molecule has 21 heavy (non-hydrogen) atoms. The van der Waals surface area contributed by atoms with Gasteiger partial charge in [0.1, 0.15) is 5.82 Å². The van der Waals surface area contributed by atoms with Crippen LogP contribution in [-0.2, 0) is 4.74 Å². The van der Waals surface area contributed by atoms with E-state index >= 15 is 0 Å². The predicted molar refractivity (Wildman–Crippen MR) is 74.5 cm³/mol. The van der Waals surface area contributed by atoms with Crippen molar-refractivity contribution in [2.24, 2.45) is 0 Å². The lowest BCUT2D eigenvalue weighted by atomic mass is 10.1. The van der Waals surface area contributed by atoms with Crippen LogP contribution in [0.3, 0.4) is 0 Å². The van der Waals surface area contributed by atoms with Crippen molar-refractivity contribution >= 4 is 11.6 Å². The molecule has 5 nitrogen and oxygen atoms in total. The Labute approximate surface area is 120 Å². The fourth-order valence-corrected chi connectivity index (χ4v) is 2.11. The fourth-order valence-electron chi connectivity index (χ4n) is 2.11. The van der Waals surface area contributed by atoms with E-state index in [0.717, 1.165) is 5.56 Å². The van der Waals surface area contributed by atoms with Crippen LogP contribution in [0, 0.1) is 12.7 Å². The first-order valence-electron chi connectivity index (χ1n) is 6.30. The zero-order chi connectivity index (χ0) is 15.0. The molecule has 0 saturated carbocycles. The summed E-state index contributed by atoms with van der Waals surface area (Å²) in [7, 11) is 1.30. The van der Waals surface area contributed by atoms with Crippen LogP contribution in [0.4, 0.5) is 4.39 Å². The molecule has 0 radical (unpaired) electrons. The lowest BCUT2D eigenvalue weighted by Gasteiger charge is -2.04. The Morgan fingerprint density at radius 1 is 1.24 bits per heavy atom. The first-order valence-corrected chi connectivity index (χ1v) is 6.30. The summed E-state index contributed by atoms with van der Waals surface area (Å²) < 4.78 is 20.3. The minimum Gasteiger partial charge on any atom is -0.465 e. The van der Waals surface area contributed by atoms with Gasteiger partial charge in [0.15, 0.2) is 11.5 Å². The van der Waals surface area contributed by atoms with Crippen LogP contribution < -0.4 is 0 Å². The van der Waals surface area contributed by atoms with Crippen molar-refractivity contribution in [3.63, 3.8) is 0 Å². The van der Waals surface area contributed by atoms with Crippen LogP contribution in [0.1, 0.15) is 15.9 Å². The Morgan fingerprint density at radius 3 is 2.76 bits per heavy atom. The van der Waals surface area contributed by atoms with E-state index in [1.54, 1.807) is 28.7 Å². The maximum Gasteiger partial charge on any atom is 0.339 e. The molecule has 3 aromatic rings.